The number of fused-ring (bicyclic) bond motifs is 1. The number of nitrogens with one attached hydrogen (secondary N) is 2. The number of aliphatic hydroxyl groups is 2. The van der Waals surface area contributed by atoms with E-state index in [9.17, 15) is 62.7 Å². The Kier molecular flexibility index (Phi) is 18.7. The molecule has 1 fully saturated rings. The van der Waals surface area contributed by atoms with Crippen LogP contribution in [0.25, 0.3) is 11.2 Å². The van der Waals surface area contributed by atoms with Crippen LogP contribution in [0.4, 0.5) is 5.82 Å². The third kappa shape index (κ3) is 16.6. The highest BCUT2D eigenvalue weighted by Gasteiger charge is 2.50. The van der Waals surface area contributed by atoms with Crippen molar-refractivity contribution >= 4 is 74.9 Å². The second-order valence-electron chi connectivity index (χ2n) is 14.3. The Morgan fingerprint density at radius 1 is 1.02 bits per heavy atom. The lowest BCUT2D eigenvalue weighted by Crippen LogP contribution is -2.46. The number of hydrogen-bond acceptors (Lipinski definition) is 19. The van der Waals surface area contributed by atoms with E-state index in [0.717, 1.165) is 41.8 Å². The molecule has 0 radical (unpaired) electrons. The van der Waals surface area contributed by atoms with Crippen molar-refractivity contribution in [3.8, 4) is 0 Å². The lowest BCUT2D eigenvalue weighted by molar-refractivity contribution is -0.137. The van der Waals surface area contributed by atoms with Gasteiger partial charge in [0.15, 0.2) is 22.8 Å². The van der Waals surface area contributed by atoms with Crippen molar-refractivity contribution in [1.82, 2.24) is 30.2 Å². The second kappa shape index (κ2) is 21.8. The fourth-order valence-corrected chi connectivity index (χ4v) is 8.83. The number of nitrogens with two attached hydrogens (primary N) is 1. The molecule has 0 aromatic carbocycles. The highest BCUT2D eigenvalue weighted by Crippen LogP contribution is 2.61. The molecule has 2 unspecified atom stereocenters. The van der Waals surface area contributed by atoms with Crippen molar-refractivity contribution < 1.29 is 85.3 Å². The number of phosphoric ester groups is 3. The minimum absolute atomic E-state index is 0.0248. The first kappa shape index (κ1) is 50.6. The zero-order chi connectivity index (χ0) is 44.3. The number of nitrogens with zero attached hydrogens (tertiary/aromatic N) is 4. The van der Waals surface area contributed by atoms with Gasteiger partial charge in [-0.25, -0.2) is 28.6 Å². The van der Waals surface area contributed by atoms with Gasteiger partial charge in [0.1, 0.15) is 42.0 Å². The van der Waals surface area contributed by atoms with E-state index >= 15 is 0 Å². The standard InChI is InChI=1S/C30H50N7O18P3S/c1-17(2)6-5-7-18(38)12-21(40)59-11-10-32-20(39)8-9-33-28(43)25(42)30(3,4)14-52-58(49,50)55-57(47,48)51-13-19-24(54-56(44,45)46)23(41)29(53-19)37-16-36-22-26(31)34-15-35-27(22)37/h15-17,19,23-25,29,41-42H,5-14H2,1-4H3,(H,32,39)(H,33,43)(H,47,48)(H,49,50)(H2,31,34,35)(H2,44,45,46)/t19-,23-,24-,25+,29-/m1/s1. The minimum Gasteiger partial charge on any atom is -0.386 e. The summed E-state index contributed by atoms with van der Waals surface area (Å²) in [6, 6.07) is 0. The van der Waals surface area contributed by atoms with Crippen LogP contribution in [0.5, 0.6) is 0 Å². The molecule has 0 saturated carbocycles. The number of hydrogen-bond donors (Lipinski definition) is 9. The largest absolute Gasteiger partial charge is 0.481 e. The summed E-state index contributed by atoms with van der Waals surface area (Å²) < 4.78 is 62.1. The van der Waals surface area contributed by atoms with E-state index in [-0.39, 0.29) is 59.6 Å². The maximum Gasteiger partial charge on any atom is 0.481 e. The zero-order valence-corrected chi connectivity index (χ0v) is 35.9. The number of Topliss-reactive ketones (excluding diaryl/α,β-unsaturated/α-hetero) is 1. The number of aliphatic hydroxyl groups excluding tert-OH is 2. The van der Waals surface area contributed by atoms with Crippen molar-refractivity contribution in [2.45, 2.75) is 90.4 Å². The summed E-state index contributed by atoms with van der Waals surface area (Å²) >= 11 is 0.917. The number of phosphoric acid groups is 3. The van der Waals surface area contributed by atoms with Gasteiger partial charge >= 0.3 is 23.5 Å². The first-order valence-corrected chi connectivity index (χ1v) is 23.4. The summed E-state index contributed by atoms with van der Waals surface area (Å²) in [6.45, 7) is 4.41. The second-order valence-corrected chi connectivity index (χ2v) is 19.7. The van der Waals surface area contributed by atoms with Crippen LogP contribution in [-0.2, 0) is 55.5 Å². The van der Waals surface area contributed by atoms with Gasteiger partial charge in [-0.1, -0.05) is 45.9 Å². The molecule has 1 saturated heterocycles. The van der Waals surface area contributed by atoms with Crippen molar-refractivity contribution in [3.63, 3.8) is 0 Å². The van der Waals surface area contributed by atoms with Crippen molar-refractivity contribution in [2.75, 3.05) is 37.8 Å². The highest BCUT2D eigenvalue weighted by atomic mass is 32.2. The fourth-order valence-electron chi connectivity index (χ4n) is 5.30. The predicted molar refractivity (Wildman–Crippen MR) is 205 cm³/mol. The SMILES string of the molecule is CC(C)CCCC(=O)CC(=O)SCCNC(=O)CCNC(=O)[C@H](O)C(C)(C)COP(=O)(O)OP(=O)(O)OC[C@H]1O[C@@H](n2cnc3c(N)ncnc32)[C@H](O)[C@@H]1OP(=O)(O)O. The molecule has 3 heterocycles. The molecule has 3 rings (SSSR count). The lowest BCUT2D eigenvalue weighted by atomic mass is 9.87. The molecule has 0 bridgehead atoms. The molecular formula is C30H50N7O18P3S. The topological polar surface area (TPSA) is 381 Å². The van der Waals surface area contributed by atoms with Crippen LogP contribution in [0.15, 0.2) is 12.7 Å². The van der Waals surface area contributed by atoms with Gasteiger partial charge < -0.3 is 50.9 Å². The van der Waals surface area contributed by atoms with Gasteiger partial charge in [0.25, 0.3) is 0 Å². The number of carbonyl (C=O) groups excluding carboxylic acids is 4. The molecule has 59 heavy (non-hydrogen) atoms. The van der Waals surface area contributed by atoms with E-state index in [4.69, 9.17) is 19.5 Å². The van der Waals surface area contributed by atoms with Gasteiger partial charge in [-0.2, -0.15) is 4.31 Å². The number of amides is 2. The number of carbonyl (C=O) groups is 4. The van der Waals surface area contributed by atoms with Gasteiger partial charge in [0.2, 0.25) is 11.8 Å². The molecular weight excluding hydrogens is 871 g/mol. The van der Waals surface area contributed by atoms with Crippen LogP contribution in [0.2, 0.25) is 0 Å². The molecule has 334 valence electrons. The summed E-state index contributed by atoms with van der Waals surface area (Å²) in [6.07, 6.45) is -5.25. The highest BCUT2D eigenvalue weighted by molar-refractivity contribution is 8.13. The average Bonchev–Trinajstić information content (AvgIpc) is 3.67. The summed E-state index contributed by atoms with van der Waals surface area (Å²) in [5.41, 5.74) is 4.23. The zero-order valence-electron chi connectivity index (χ0n) is 32.4. The molecule has 25 nitrogen and oxygen atoms in total. The molecule has 2 amide bonds. The molecule has 2 aromatic rings. The molecule has 7 atom stereocenters. The Morgan fingerprint density at radius 3 is 2.36 bits per heavy atom. The molecule has 2 aromatic heterocycles. The first-order valence-electron chi connectivity index (χ1n) is 17.9. The monoisotopic (exact) mass is 921 g/mol. The summed E-state index contributed by atoms with van der Waals surface area (Å²) in [4.78, 5) is 99.6. The summed E-state index contributed by atoms with van der Waals surface area (Å²) in [7, 11) is -16.4. The van der Waals surface area contributed by atoms with Gasteiger partial charge in [-0.15, -0.1) is 0 Å². The Morgan fingerprint density at radius 2 is 1.69 bits per heavy atom. The van der Waals surface area contributed by atoms with E-state index in [2.05, 4.69) is 34.4 Å². The van der Waals surface area contributed by atoms with Crippen molar-refractivity contribution in [1.29, 1.82) is 0 Å². The van der Waals surface area contributed by atoms with E-state index in [1.54, 1.807) is 0 Å². The number of anilines is 1. The number of ketones is 1. The van der Waals surface area contributed by atoms with Gasteiger partial charge in [-0.05, 0) is 12.3 Å². The van der Waals surface area contributed by atoms with E-state index in [1.807, 2.05) is 13.8 Å². The van der Waals surface area contributed by atoms with E-state index < -0.39 is 84.6 Å². The van der Waals surface area contributed by atoms with E-state index in [1.165, 1.54) is 13.8 Å². The van der Waals surface area contributed by atoms with Gasteiger partial charge in [0.05, 0.1) is 26.0 Å². The number of thioether (sulfide) groups is 1. The maximum absolute atomic E-state index is 12.7. The van der Waals surface area contributed by atoms with Crippen LogP contribution in [0, 0.1) is 11.3 Å². The Labute approximate surface area is 341 Å². The van der Waals surface area contributed by atoms with Crippen LogP contribution in [0.3, 0.4) is 0 Å². The number of aromatic nitrogens is 4. The fraction of sp³-hybridized carbons (Fsp3) is 0.700. The molecule has 10 N–H and O–H groups in total. The number of rotatable bonds is 25. The number of nitrogen functional groups attached to an aromatic ring is 1. The molecule has 0 spiro atoms. The quantitative estimate of drug-likeness (QED) is 0.0371. The van der Waals surface area contributed by atoms with Crippen molar-refractivity contribution in [3.05, 3.63) is 12.7 Å². The molecule has 29 heteroatoms. The summed E-state index contributed by atoms with van der Waals surface area (Å²) in [5.74, 6) is -0.973. The molecule has 1 aliphatic rings. The number of ether oxygens (including phenoxy) is 1. The van der Waals surface area contributed by atoms with Crippen LogP contribution >= 0.6 is 35.2 Å². The normalized spacial score (nSPS) is 21.2. The number of imidazole rings is 1. The third-order valence-electron chi connectivity index (χ3n) is 8.34. The lowest BCUT2D eigenvalue weighted by Gasteiger charge is -2.30. The van der Waals surface area contributed by atoms with Crippen LogP contribution in [-0.4, -0.2) is 128 Å². The third-order valence-corrected chi connectivity index (χ3v) is 12.3. The van der Waals surface area contributed by atoms with Gasteiger partial charge in [-0.3, -0.25) is 37.3 Å². The minimum atomic E-state index is -5.58. The smallest absolute Gasteiger partial charge is 0.386 e. The maximum atomic E-state index is 12.7. The Balaban J connectivity index is 1.44. The van der Waals surface area contributed by atoms with Crippen LogP contribution in [0.1, 0.15) is 66.0 Å². The molecule has 0 aliphatic carbocycles. The Hall–Kier alpha value is -2.77. The summed E-state index contributed by atoms with van der Waals surface area (Å²) in [5, 5.41) is 26.0. The first-order chi connectivity index (χ1) is 27.3. The van der Waals surface area contributed by atoms with Crippen LogP contribution < -0.4 is 16.4 Å². The van der Waals surface area contributed by atoms with E-state index in [0.29, 0.717) is 12.3 Å². The van der Waals surface area contributed by atoms with Gasteiger partial charge in [0, 0.05) is 37.1 Å². The van der Waals surface area contributed by atoms with Crippen molar-refractivity contribution in [2.24, 2.45) is 11.3 Å². The Bertz CT molecular complexity index is 1930. The predicted octanol–water partition coefficient (Wildman–Crippen LogP) is 0.450. The molecule has 1 aliphatic heterocycles. The average molecular weight is 922 g/mol.